The number of hydrogen-bond acceptors (Lipinski definition) is 3. The van der Waals surface area contributed by atoms with Crippen molar-refractivity contribution in [1.82, 2.24) is 0 Å². The number of benzene rings is 1. The third-order valence-electron chi connectivity index (χ3n) is 2.03. The van der Waals surface area contributed by atoms with Crippen LogP contribution in [0.15, 0.2) is 18.2 Å². The van der Waals surface area contributed by atoms with E-state index in [1.54, 1.807) is 0 Å². The largest absolute Gasteiger partial charge is 0.492 e. The van der Waals surface area contributed by atoms with E-state index in [1.165, 1.54) is 0 Å². The average Bonchev–Trinajstić information content (AvgIpc) is 2.22. The predicted molar refractivity (Wildman–Crippen MR) is 61.4 cm³/mol. The van der Waals surface area contributed by atoms with E-state index >= 15 is 0 Å². The van der Waals surface area contributed by atoms with Crippen molar-refractivity contribution in [2.75, 3.05) is 13.2 Å². The first-order valence-electron chi connectivity index (χ1n) is 4.95. The van der Waals surface area contributed by atoms with Crippen LogP contribution < -0.4 is 10.5 Å². The van der Waals surface area contributed by atoms with Gasteiger partial charge in [-0.25, -0.2) is 0 Å². The predicted octanol–water partition coefficient (Wildman–Crippen LogP) is 1.60. The van der Waals surface area contributed by atoms with Crippen molar-refractivity contribution in [3.8, 4) is 5.75 Å². The van der Waals surface area contributed by atoms with E-state index in [0.29, 0.717) is 23.8 Å². The Morgan fingerprint density at radius 2 is 2.27 bits per heavy atom. The topological polar surface area (TPSA) is 55.5 Å². The first-order chi connectivity index (χ1) is 7.17. The molecular formula is C11H16ClNO2. The molecule has 0 aliphatic heterocycles. The van der Waals surface area contributed by atoms with Crippen LogP contribution >= 0.6 is 11.6 Å². The summed E-state index contributed by atoms with van der Waals surface area (Å²) in [7, 11) is 0. The van der Waals surface area contributed by atoms with Gasteiger partial charge in [-0.3, -0.25) is 0 Å². The Bertz CT molecular complexity index is 317. The molecule has 0 heterocycles. The summed E-state index contributed by atoms with van der Waals surface area (Å²) in [6.07, 6.45) is 0.614. The maximum atomic E-state index is 8.82. The zero-order valence-corrected chi connectivity index (χ0v) is 9.50. The highest BCUT2D eigenvalue weighted by molar-refractivity contribution is 6.32. The Hall–Kier alpha value is -0.770. The van der Waals surface area contributed by atoms with Crippen molar-refractivity contribution < 1.29 is 9.84 Å². The zero-order chi connectivity index (χ0) is 11.3. The summed E-state index contributed by atoms with van der Waals surface area (Å²) in [5.74, 6) is 0.681. The van der Waals surface area contributed by atoms with Gasteiger partial charge in [-0.2, -0.15) is 0 Å². The van der Waals surface area contributed by atoms with Crippen LogP contribution in [0, 0.1) is 0 Å². The van der Waals surface area contributed by atoms with Gasteiger partial charge in [-0.15, -0.1) is 0 Å². The van der Waals surface area contributed by atoms with Gasteiger partial charge >= 0.3 is 0 Å². The molecule has 1 aromatic rings. The van der Waals surface area contributed by atoms with Gasteiger partial charge in [0.1, 0.15) is 5.75 Å². The Labute approximate surface area is 94.8 Å². The summed E-state index contributed by atoms with van der Waals surface area (Å²) in [4.78, 5) is 0. The van der Waals surface area contributed by atoms with Gasteiger partial charge in [0.15, 0.2) is 0 Å². The Kier molecular flexibility index (Phi) is 4.88. The van der Waals surface area contributed by atoms with Gasteiger partial charge in [0, 0.05) is 6.04 Å². The molecule has 3 nitrogen and oxygen atoms in total. The van der Waals surface area contributed by atoms with Crippen LogP contribution in [0.2, 0.25) is 5.02 Å². The van der Waals surface area contributed by atoms with Gasteiger partial charge in [-0.1, -0.05) is 17.7 Å². The maximum absolute atomic E-state index is 8.82. The smallest absolute Gasteiger partial charge is 0.137 e. The lowest BCUT2D eigenvalue weighted by molar-refractivity contribution is 0.265. The molecule has 0 aromatic heterocycles. The molecule has 15 heavy (non-hydrogen) atoms. The van der Waals surface area contributed by atoms with Crippen LogP contribution in [0.5, 0.6) is 5.75 Å². The molecule has 0 fully saturated rings. The number of rotatable bonds is 5. The molecule has 0 aliphatic rings. The van der Waals surface area contributed by atoms with Crippen LogP contribution in [0.3, 0.4) is 0 Å². The third-order valence-corrected chi connectivity index (χ3v) is 2.32. The highest BCUT2D eigenvalue weighted by Crippen LogP contribution is 2.25. The number of hydrogen-bond donors (Lipinski definition) is 2. The minimum absolute atomic E-state index is 0.0230. The van der Waals surface area contributed by atoms with Gasteiger partial charge in [0.05, 0.1) is 18.2 Å². The quantitative estimate of drug-likeness (QED) is 0.807. The molecule has 0 bridgehead atoms. The lowest BCUT2D eigenvalue weighted by atomic mass is 10.1. The van der Waals surface area contributed by atoms with Crippen molar-refractivity contribution in [2.24, 2.45) is 5.73 Å². The Balaban J connectivity index is 2.73. The van der Waals surface area contributed by atoms with Crippen molar-refractivity contribution >= 4 is 11.6 Å². The summed E-state index contributed by atoms with van der Waals surface area (Å²) in [6, 6.07) is 5.32. The fourth-order valence-corrected chi connectivity index (χ4v) is 1.57. The summed E-state index contributed by atoms with van der Waals surface area (Å²) in [5, 5.41) is 9.40. The molecule has 0 saturated heterocycles. The van der Waals surface area contributed by atoms with Gasteiger partial charge < -0.3 is 15.6 Å². The number of aliphatic hydroxyl groups excluding tert-OH is 1. The molecule has 84 valence electrons. The molecule has 1 aromatic carbocycles. The first-order valence-corrected chi connectivity index (χ1v) is 5.32. The lowest BCUT2D eigenvalue weighted by Gasteiger charge is -2.10. The second-order valence-electron chi connectivity index (χ2n) is 3.34. The number of ether oxygens (including phenoxy) is 1. The zero-order valence-electron chi connectivity index (χ0n) is 8.74. The van der Waals surface area contributed by atoms with Crippen LogP contribution in [0.25, 0.3) is 0 Å². The van der Waals surface area contributed by atoms with E-state index in [1.807, 2.05) is 25.1 Å². The van der Waals surface area contributed by atoms with E-state index in [9.17, 15) is 0 Å². The second-order valence-corrected chi connectivity index (χ2v) is 3.75. The highest BCUT2D eigenvalue weighted by Gasteiger charge is 2.06. The van der Waals surface area contributed by atoms with Crippen molar-refractivity contribution in [2.45, 2.75) is 19.4 Å². The summed E-state index contributed by atoms with van der Waals surface area (Å²) >= 11 is 6.01. The lowest BCUT2D eigenvalue weighted by Crippen LogP contribution is -2.26. The van der Waals surface area contributed by atoms with Crippen LogP contribution in [-0.4, -0.2) is 24.4 Å². The molecule has 0 aliphatic carbocycles. The third kappa shape index (κ3) is 3.70. The summed E-state index contributed by atoms with van der Waals surface area (Å²) in [5.41, 5.74) is 6.63. The van der Waals surface area contributed by atoms with Crippen molar-refractivity contribution in [1.29, 1.82) is 0 Å². The fraction of sp³-hybridized carbons (Fsp3) is 0.455. The second kappa shape index (κ2) is 5.95. The number of aliphatic hydroxyl groups is 1. The molecule has 1 unspecified atom stereocenters. The van der Waals surface area contributed by atoms with Gasteiger partial charge in [-0.05, 0) is 31.0 Å². The molecule has 1 rings (SSSR count). The van der Waals surface area contributed by atoms with Crippen LogP contribution in [0.1, 0.15) is 12.5 Å². The Morgan fingerprint density at radius 3 is 2.80 bits per heavy atom. The van der Waals surface area contributed by atoms with Gasteiger partial charge in [0.2, 0.25) is 0 Å². The summed E-state index contributed by atoms with van der Waals surface area (Å²) < 4.78 is 5.31. The van der Waals surface area contributed by atoms with E-state index in [4.69, 9.17) is 27.2 Å². The number of halogens is 1. The van der Waals surface area contributed by atoms with E-state index in [0.717, 1.165) is 5.56 Å². The van der Waals surface area contributed by atoms with Crippen molar-refractivity contribution in [3.63, 3.8) is 0 Å². The molecule has 0 amide bonds. The minimum atomic E-state index is -0.237. The van der Waals surface area contributed by atoms with E-state index in [-0.39, 0.29) is 12.6 Å². The molecule has 0 radical (unpaired) electrons. The SMILES string of the molecule is CCOc1ccc(CC(N)CO)cc1Cl. The van der Waals surface area contributed by atoms with Gasteiger partial charge in [0.25, 0.3) is 0 Å². The average molecular weight is 230 g/mol. The molecular weight excluding hydrogens is 214 g/mol. The van der Waals surface area contributed by atoms with E-state index < -0.39 is 0 Å². The van der Waals surface area contributed by atoms with Crippen LogP contribution in [0.4, 0.5) is 0 Å². The minimum Gasteiger partial charge on any atom is -0.492 e. The molecule has 0 saturated carbocycles. The van der Waals surface area contributed by atoms with Crippen LogP contribution in [-0.2, 0) is 6.42 Å². The number of nitrogens with two attached hydrogens (primary N) is 1. The standard InChI is InChI=1S/C11H16ClNO2/c1-2-15-11-4-3-8(6-10(11)12)5-9(13)7-14/h3-4,6,9,14H,2,5,7,13H2,1H3. The fourth-order valence-electron chi connectivity index (χ4n) is 1.31. The Morgan fingerprint density at radius 1 is 1.53 bits per heavy atom. The molecule has 1 atom stereocenters. The highest BCUT2D eigenvalue weighted by atomic mass is 35.5. The normalized spacial score (nSPS) is 12.5. The molecule has 3 N–H and O–H groups in total. The maximum Gasteiger partial charge on any atom is 0.137 e. The molecule has 4 heteroatoms. The molecule has 0 spiro atoms. The monoisotopic (exact) mass is 229 g/mol. The first kappa shape index (κ1) is 12.3. The van der Waals surface area contributed by atoms with E-state index in [2.05, 4.69) is 0 Å². The van der Waals surface area contributed by atoms with Crippen molar-refractivity contribution in [3.05, 3.63) is 28.8 Å². The summed E-state index contributed by atoms with van der Waals surface area (Å²) in [6.45, 7) is 2.48.